The molecule has 108 valence electrons. The molecule has 0 saturated heterocycles. The van der Waals surface area contributed by atoms with Gasteiger partial charge >= 0.3 is 0 Å². The van der Waals surface area contributed by atoms with Crippen LogP contribution in [0.5, 0.6) is 0 Å². The zero-order valence-electron chi connectivity index (χ0n) is 10.9. The Bertz CT molecular complexity index is 545. The molecule has 0 spiro atoms. The number of rotatable bonds is 7. The summed E-state index contributed by atoms with van der Waals surface area (Å²) < 4.78 is 0. The fourth-order valence-electron chi connectivity index (χ4n) is 1.74. The third-order valence-electron chi connectivity index (χ3n) is 2.94. The van der Waals surface area contributed by atoms with E-state index >= 15 is 0 Å². The number of halogens is 2. The molecule has 1 amide bonds. The van der Waals surface area contributed by atoms with Gasteiger partial charge in [0.1, 0.15) is 5.54 Å². The highest BCUT2D eigenvalue weighted by molar-refractivity contribution is 6.35. The van der Waals surface area contributed by atoms with Crippen molar-refractivity contribution in [1.29, 1.82) is 0 Å². The predicted molar refractivity (Wildman–Crippen MR) is 79.6 cm³/mol. The van der Waals surface area contributed by atoms with E-state index in [0.29, 0.717) is 35.1 Å². The number of azide groups is 1. The lowest BCUT2D eigenvalue weighted by molar-refractivity contribution is -0.124. The van der Waals surface area contributed by atoms with Crippen LogP contribution in [0.15, 0.2) is 23.3 Å². The maximum absolute atomic E-state index is 11.8. The highest BCUT2D eigenvalue weighted by Crippen LogP contribution is 2.30. The van der Waals surface area contributed by atoms with Crippen molar-refractivity contribution in [2.75, 3.05) is 13.1 Å². The molecule has 1 aromatic carbocycles. The number of benzene rings is 1. The quantitative estimate of drug-likeness (QED) is 0.349. The molecule has 8 heteroatoms. The van der Waals surface area contributed by atoms with E-state index < -0.39 is 11.4 Å². The van der Waals surface area contributed by atoms with Gasteiger partial charge in [0.2, 0.25) is 5.91 Å². The Morgan fingerprint density at radius 2 is 2.25 bits per heavy atom. The average Bonchev–Trinajstić information content (AvgIpc) is 2.37. The van der Waals surface area contributed by atoms with Gasteiger partial charge in [0.15, 0.2) is 0 Å². The topological polar surface area (TPSA) is 104 Å². The first kappa shape index (κ1) is 16.6. The minimum atomic E-state index is -1.11. The van der Waals surface area contributed by atoms with Gasteiger partial charge in [-0.25, -0.2) is 0 Å². The monoisotopic (exact) mass is 315 g/mol. The lowest BCUT2D eigenvalue weighted by atomic mass is 9.91. The van der Waals surface area contributed by atoms with E-state index in [1.165, 1.54) is 0 Å². The second kappa shape index (κ2) is 7.36. The van der Waals surface area contributed by atoms with Crippen molar-refractivity contribution < 1.29 is 4.79 Å². The van der Waals surface area contributed by atoms with Crippen LogP contribution in [0.1, 0.15) is 18.9 Å². The van der Waals surface area contributed by atoms with Crippen LogP contribution in [0.2, 0.25) is 10.0 Å². The van der Waals surface area contributed by atoms with E-state index in [1.807, 2.05) is 0 Å². The van der Waals surface area contributed by atoms with Crippen LogP contribution < -0.4 is 11.1 Å². The summed E-state index contributed by atoms with van der Waals surface area (Å²) in [4.78, 5) is 14.4. The number of hydrogen-bond donors (Lipinski definition) is 2. The van der Waals surface area contributed by atoms with Crippen LogP contribution in [0, 0.1) is 0 Å². The molecule has 0 aliphatic rings. The summed E-state index contributed by atoms with van der Waals surface area (Å²) in [5.74, 6) is -0.550. The van der Waals surface area contributed by atoms with E-state index in [4.69, 9.17) is 34.5 Å². The van der Waals surface area contributed by atoms with Gasteiger partial charge in [-0.1, -0.05) is 34.4 Å². The summed E-state index contributed by atoms with van der Waals surface area (Å²) in [5, 5.41) is 7.31. The minimum absolute atomic E-state index is 0.340. The van der Waals surface area contributed by atoms with Crippen LogP contribution in [0.25, 0.3) is 10.4 Å². The molecule has 0 bridgehead atoms. The van der Waals surface area contributed by atoms with Gasteiger partial charge in [0, 0.05) is 21.5 Å². The van der Waals surface area contributed by atoms with Crippen LogP contribution >= 0.6 is 23.2 Å². The third kappa shape index (κ3) is 4.02. The standard InChI is InChI=1S/C12H15Cl2N5O/c1-12(11(15)20,17-5-2-6-18-19-16)9-4-3-8(13)7-10(9)14/h3-4,7,17H,2,5-6H2,1H3,(H2,15,20). The average molecular weight is 316 g/mol. The zero-order valence-corrected chi connectivity index (χ0v) is 12.4. The number of carbonyl (C=O) groups excluding carboxylic acids is 1. The minimum Gasteiger partial charge on any atom is -0.368 e. The van der Waals surface area contributed by atoms with Crippen LogP contribution in [0.3, 0.4) is 0 Å². The molecule has 0 fully saturated rings. The second-order valence-corrected chi connectivity index (χ2v) is 5.19. The van der Waals surface area contributed by atoms with Crippen molar-refractivity contribution in [2.45, 2.75) is 18.9 Å². The predicted octanol–water partition coefficient (Wildman–Crippen LogP) is 2.98. The van der Waals surface area contributed by atoms with Crippen molar-refractivity contribution in [2.24, 2.45) is 10.8 Å². The molecule has 0 saturated carbocycles. The van der Waals surface area contributed by atoms with E-state index in [-0.39, 0.29) is 0 Å². The summed E-state index contributed by atoms with van der Waals surface area (Å²) in [6.07, 6.45) is 0.581. The van der Waals surface area contributed by atoms with Gasteiger partial charge in [0.25, 0.3) is 0 Å². The molecule has 1 aromatic rings. The van der Waals surface area contributed by atoms with E-state index in [0.717, 1.165) is 0 Å². The lowest BCUT2D eigenvalue weighted by Crippen LogP contribution is -2.51. The van der Waals surface area contributed by atoms with Crippen molar-refractivity contribution in [3.8, 4) is 0 Å². The Kier molecular flexibility index (Phi) is 6.10. The Hall–Kier alpha value is -1.46. The highest BCUT2D eigenvalue weighted by atomic mass is 35.5. The van der Waals surface area contributed by atoms with Crippen molar-refractivity contribution >= 4 is 29.1 Å². The van der Waals surface area contributed by atoms with Crippen LogP contribution in [0.4, 0.5) is 0 Å². The summed E-state index contributed by atoms with van der Waals surface area (Å²) in [6.45, 7) is 2.45. The van der Waals surface area contributed by atoms with Gasteiger partial charge in [-0.3, -0.25) is 10.1 Å². The van der Waals surface area contributed by atoms with Gasteiger partial charge in [-0.05, 0) is 43.1 Å². The number of primary amides is 1. The Morgan fingerprint density at radius 3 is 2.80 bits per heavy atom. The second-order valence-electron chi connectivity index (χ2n) is 4.35. The summed E-state index contributed by atoms with van der Waals surface area (Å²) in [5.41, 5.74) is 13.1. The first-order chi connectivity index (χ1) is 9.41. The molecule has 20 heavy (non-hydrogen) atoms. The SMILES string of the molecule is CC(NCCCN=[N+]=[N-])(C(N)=O)c1ccc(Cl)cc1Cl. The molecule has 0 heterocycles. The molecule has 1 unspecified atom stereocenters. The molecule has 0 aromatic heterocycles. The molecule has 0 aliphatic carbocycles. The van der Waals surface area contributed by atoms with Gasteiger partial charge in [0.05, 0.1) is 0 Å². The zero-order chi connectivity index (χ0) is 15.2. The van der Waals surface area contributed by atoms with E-state index in [1.54, 1.807) is 25.1 Å². The van der Waals surface area contributed by atoms with Gasteiger partial charge in [-0.15, -0.1) is 0 Å². The van der Waals surface area contributed by atoms with Crippen molar-refractivity contribution in [3.63, 3.8) is 0 Å². The molecule has 3 N–H and O–H groups in total. The first-order valence-electron chi connectivity index (χ1n) is 5.93. The summed E-state index contributed by atoms with van der Waals surface area (Å²) in [6, 6.07) is 4.86. The molecular weight excluding hydrogens is 301 g/mol. The molecule has 1 atom stereocenters. The molecule has 6 nitrogen and oxygen atoms in total. The van der Waals surface area contributed by atoms with Crippen LogP contribution in [-0.4, -0.2) is 19.0 Å². The van der Waals surface area contributed by atoms with Crippen molar-refractivity contribution in [1.82, 2.24) is 5.32 Å². The number of amides is 1. The number of hydrogen-bond acceptors (Lipinski definition) is 3. The number of nitrogens with one attached hydrogen (secondary N) is 1. The summed E-state index contributed by atoms with van der Waals surface area (Å²) in [7, 11) is 0. The maximum Gasteiger partial charge on any atom is 0.242 e. The van der Waals surface area contributed by atoms with E-state index in [9.17, 15) is 4.79 Å². The lowest BCUT2D eigenvalue weighted by Gasteiger charge is -2.29. The first-order valence-corrected chi connectivity index (χ1v) is 6.68. The smallest absolute Gasteiger partial charge is 0.242 e. The van der Waals surface area contributed by atoms with Crippen LogP contribution in [-0.2, 0) is 10.3 Å². The normalized spacial score (nSPS) is 13.3. The van der Waals surface area contributed by atoms with Gasteiger partial charge in [-0.2, -0.15) is 0 Å². The fourth-order valence-corrected chi connectivity index (χ4v) is 2.34. The Labute approximate surface area is 126 Å². The third-order valence-corrected chi connectivity index (χ3v) is 3.49. The molecule has 1 rings (SSSR count). The summed E-state index contributed by atoms with van der Waals surface area (Å²) >= 11 is 12.0. The Balaban J connectivity index is 2.91. The number of nitrogens with zero attached hydrogens (tertiary/aromatic N) is 3. The molecular formula is C12H15Cl2N5O. The van der Waals surface area contributed by atoms with Crippen molar-refractivity contribution in [3.05, 3.63) is 44.3 Å². The number of carbonyl (C=O) groups is 1. The highest BCUT2D eigenvalue weighted by Gasteiger charge is 2.34. The Morgan fingerprint density at radius 1 is 1.55 bits per heavy atom. The largest absolute Gasteiger partial charge is 0.368 e. The number of nitrogens with two attached hydrogens (primary N) is 1. The molecule has 0 radical (unpaired) electrons. The van der Waals surface area contributed by atoms with E-state index in [2.05, 4.69) is 15.3 Å². The maximum atomic E-state index is 11.8. The fraction of sp³-hybridized carbons (Fsp3) is 0.417. The molecule has 0 aliphatic heterocycles. The van der Waals surface area contributed by atoms with Gasteiger partial charge < -0.3 is 5.73 Å².